The molecule has 3 fully saturated rings. The maximum atomic E-state index is 13.6. The van der Waals surface area contributed by atoms with Crippen molar-refractivity contribution in [1.29, 1.82) is 0 Å². The van der Waals surface area contributed by atoms with Crippen LogP contribution in [0.25, 0.3) is 33.6 Å². The molecule has 1 N–H and O–H groups in total. The summed E-state index contributed by atoms with van der Waals surface area (Å²) in [5.74, 6) is -0.175. The summed E-state index contributed by atoms with van der Waals surface area (Å²) in [6.45, 7) is 1.74. The molecule has 3 saturated carbocycles. The predicted octanol–water partition coefficient (Wildman–Crippen LogP) is 7.23. The number of aryl methyl sites for hydroxylation is 2. The number of carbonyl (C=O) groups is 2. The maximum Gasteiger partial charge on any atom is 0.389 e. The zero-order valence-corrected chi connectivity index (χ0v) is 22.5. The van der Waals surface area contributed by atoms with Gasteiger partial charge < -0.3 is 9.73 Å². The minimum atomic E-state index is -4.43. The van der Waals surface area contributed by atoms with Crippen molar-refractivity contribution >= 4 is 22.8 Å². The molecular weight excluding hydrogens is 538 g/mol. The summed E-state index contributed by atoms with van der Waals surface area (Å²) < 4.78 is 59.4. The molecule has 0 aliphatic heterocycles. The lowest BCUT2D eigenvalue weighted by atomic mass is 9.43. The van der Waals surface area contributed by atoms with Gasteiger partial charge in [0.15, 0.2) is 5.78 Å². The second-order valence-corrected chi connectivity index (χ2v) is 11.3. The standard InChI is InChI=1S/C31H27F4N3O3/c1-16-21(25(39)14-30-11-17(12-30)13-30)9-19(15-37-16)22-10-23-26(28(40)36-2)27(18-3-5-20(32)6-4-18)41-29(23)38-24(22)7-8-31(33,34)35/h3-6,9-10,15,17H,7-8,11-14H2,1-2H3,(H,36,40). The molecule has 1 aromatic carbocycles. The van der Waals surface area contributed by atoms with Gasteiger partial charge in [-0.05, 0) is 80.3 Å². The molecule has 0 atom stereocenters. The maximum absolute atomic E-state index is 13.6. The van der Waals surface area contributed by atoms with Gasteiger partial charge in [-0.25, -0.2) is 9.37 Å². The molecule has 0 saturated heterocycles. The summed E-state index contributed by atoms with van der Waals surface area (Å²) in [7, 11) is 1.44. The van der Waals surface area contributed by atoms with E-state index in [9.17, 15) is 27.2 Å². The highest BCUT2D eigenvalue weighted by atomic mass is 19.4. The number of ketones is 1. The molecular formula is C31H27F4N3O3. The third kappa shape index (κ3) is 5.00. The number of rotatable bonds is 8. The number of Topliss-reactive ketones (excluding diaryl/α,β-unsaturated/α-hetero) is 1. The van der Waals surface area contributed by atoms with Crippen LogP contribution in [0.15, 0.2) is 47.0 Å². The Morgan fingerprint density at radius 3 is 2.41 bits per heavy atom. The molecule has 3 aromatic heterocycles. The second-order valence-electron chi connectivity index (χ2n) is 11.3. The van der Waals surface area contributed by atoms with E-state index in [0.29, 0.717) is 34.4 Å². The lowest BCUT2D eigenvalue weighted by Crippen LogP contribution is -2.52. The number of hydrogen-bond acceptors (Lipinski definition) is 5. The number of benzene rings is 1. The molecule has 6 nitrogen and oxygen atoms in total. The molecule has 4 aromatic rings. The minimum Gasteiger partial charge on any atom is -0.437 e. The van der Waals surface area contributed by atoms with E-state index in [1.165, 1.54) is 37.5 Å². The molecule has 0 spiro atoms. The number of halogens is 4. The number of aromatic nitrogens is 2. The van der Waals surface area contributed by atoms with Crippen LogP contribution in [0.3, 0.4) is 0 Å². The van der Waals surface area contributed by atoms with E-state index >= 15 is 0 Å². The van der Waals surface area contributed by atoms with Crippen LogP contribution in [0.1, 0.15) is 64.2 Å². The summed E-state index contributed by atoms with van der Waals surface area (Å²) in [4.78, 5) is 35.2. The van der Waals surface area contributed by atoms with Crippen molar-refractivity contribution < 1.29 is 31.6 Å². The van der Waals surface area contributed by atoms with Gasteiger partial charge in [-0.3, -0.25) is 14.6 Å². The Hall–Kier alpha value is -4.08. The number of alkyl halides is 3. The van der Waals surface area contributed by atoms with Gasteiger partial charge in [0, 0.05) is 54.0 Å². The smallest absolute Gasteiger partial charge is 0.389 e. The van der Waals surface area contributed by atoms with Crippen LogP contribution in [0.2, 0.25) is 0 Å². The molecule has 0 unspecified atom stereocenters. The van der Waals surface area contributed by atoms with Crippen LogP contribution >= 0.6 is 0 Å². The Kier molecular flexibility index (Phi) is 6.47. The van der Waals surface area contributed by atoms with Crippen molar-refractivity contribution in [3.05, 3.63) is 70.9 Å². The molecule has 7 rings (SSSR count). The van der Waals surface area contributed by atoms with Gasteiger partial charge in [-0.2, -0.15) is 13.2 Å². The van der Waals surface area contributed by atoms with Gasteiger partial charge >= 0.3 is 6.18 Å². The number of pyridine rings is 2. The van der Waals surface area contributed by atoms with E-state index in [4.69, 9.17) is 4.42 Å². The molecule has 10 heteroatoms. The first-order chi connectivity index (χ1) is 19.4. The highest BCUT2D eigenvalue weighted by molar-refractivity contribution is 6.11. The summed E-state index contributed by atoms with van der Waals surface area (Å²) in [6.07, 6.45) is -0.881. The second kappa shape index (κ2) is 9.78. The fourth-order valence-corrected chi connectivity index (χ4v) is 6.19. The molecule has 3 heterocycles. The normalized spacial score (nSPS) is 19.5. The molecule has 0 radical (unpaired) electrons. The van der Waals surface area contributed by atoms with Crippen molar-refractivity contribution in [2.45, 2.75) is 51.6 Å². The van der Waals surface area contributed by atoms with Crippen molar-refractivity contribution in [2.75, 3.05) is 7.05 Å². The molecule has 212 valence electrons. The molecule has 2 bridgehead atoms. The zero-order valence-electron chi connectivity index (χ0n) is 22.5. The van der Waals surface area contributed by atoms with E-state index in [1.807, 2.05) is 0 Å². The third-order valence-electron chi connectivity index (χ3n) is 8.37. The molecule has 3 aliphatic carbocycles. The first-order valence-corrected chi connectivity index (χ1v) is 13.5. The topological polar surface area (TPSA) is 85.1 Å². The predicted molar refractivity (Wildman–Crippen MR) is 144 cm³/mol. The monoisotopic (exact) mass is 565 g/mol. The Morgan fingerprint density at radius 1 is 1.10 bits per heavy atom. The Bertz CT molecular complexity index is 1670. The Labute approximate surface area is 233 Å². The van der Waals surface area contributed by atoms with E-state index in [1.54, 1.807) is 19.1 Å². The van der Waals surface area contributed by atoms with Crippen molar-refractivity contribution in [1.82, 2.24) is 15.3 Å². The van der Waals surface area contributed by atoms with Crippen LogP contribution in [0.4, 0.5) is 17.6 Å². The van der Waals surface area contributed by atoms with Crippen molar-refractivity contribution in [3.8, 4) is 22.5 Å². The van der Waals surface area contributed by atoms with Crippen molar-refractivity contribution in [2.24, 2.45) is 11.3 Å². The van der Waals surface area contributed by atoms with E-state index in [2.05, 4.69) is 15.3 Å². The van der Waals surface area contributed by atoms with Crippen LogP contribution in [0.5, 0.6) is 0 Å². The molecule has 1 amide bonds. The fraction of sp³-hybridized carbons (Fsp3) is 0.355. The lowest BCUT2D eigenvalue weighted by Gasteiger charge is -2.62. The highest BCUT2D eigenvalue weighted by Crippen LogP contribution is 2.66. The number of furan rings is 1. The van der Waals surface area contributed by atoms with Crippen LogP contribution in [-0.4, -0.2) is 34.9 Å². The largest absolute Gasteiger partial charge is 0.437 e. The van der Waals surface area contributed by atoms with Gasteiger partial charge in [0.1, 0.15) is 11.6 Å². The average molecular weight is 566 g/mol. The van der Waals surface area contributed by atoms with Crippen molar-refractivity contribution in [3.63, 3.8) is 0 Å². The first kappa shape index (κ1) is 27.1. The fourth-order valence-electron chi connectivity index (χ4n) is 6.19. The van der Waals surface area contributed by atoms with Gasteiger partial charge in [-0.1, -0.05) is 0 Å². The quantitative estimate of drug-likeness (QED) is 0.180. The number of nitrogens with one attached hydrogen (secondary N) is 1. The van der Waals surface area contributed by atoms with Gasteiger partial charge in [0.2, 0.25) is 5.71 Å². The van der Waals surface area contributed by atoms with E-state index in [-0.39, 0.29) is 39.3 Å². The number of hydrogen-bond donors (Lipinski definition) is 1. The summed E-state index contributed by atoms with van der Waals surface area (Å²) in [5.41, 5.74) is 2.40. The molecule has 41 heavy (non-hydrogen) atoms. The van der Waals surface area contributed by atoms with Gasteiger partial charge in [0.05, 0.1) is 16.6 Å². The number of fused-ring (bicyclic) bond motifs is 1. The van der Waals surface area contributed by atoms with Crippen LogP contribution < -0.4 is 5.32 Å². The van der Waals surface area contributed by atoms with E-state index < -0.39 is 30.7 Å². The Balaban J connectivity index is 1.50. The number of amides is 1. The minimum absolute atomic E-state index is 0.0242. The first-order valence-electron chi connectivity index (χ1n) is 13.5. The highest BCUT2D eigenvalue weighted by Gasteiger charge is 2.57. The van der Waals surface area contributed by atoms with Gasteiger partial charge in [0.25, 0.3) is 5.91 Å². The lowest BCUT2D eigenvalue weighted by molar-refractivity contribution is -0.134. The summed E-state index contributed by atoms with van der Waals surface area (Å²) in [5, 5.41) is 2.84. The average Bonchev–Trinajstić information content (AvgIpc) is 3.26. The van der Waals surface area contributed by atoms with Crippen LogP contribution in [-0.2, 0) is 6.42 Å². The zero-order chi connectivity index (χ0) is 29.1. The Morgan fingerprint density at radius 2 is 1.80 bits per heavy atom. The number of carbonyl (C=O) groups excluding carboxylic acids is 2. The summed E-state index contributed by atoms with van der Waals surface area (Å²) in [6, 6.07) is 8.55. The molecule has 3 aliphatic rings. The van der Waals surface area contributed by atoms with Crippen LogP contribution in [0, 0.1) is 24.1 Å². The SMILES string of the molecule is CNC(=O)c1c(-c2ccc(F)cc2)oc2nc(CCC(F)(F)F)c(-c3cnc(C)c(C(=O)CC45CC(C4)C5)c3)cc12. The van der Waals surface area contributed by atoms with E-state index in [0.717, 1.165) is 25.2 Å². The number of nitrogens with zero attached hydrogens (tertiary/aromatic N) is 2. The third-order valence-corrected chi connectivity index (χ3v) is 8.37. The summed E-state index contributed by atoms with van der Waals surface area (Å²) >= 11 is 0. The van der Waals surface area contributed by atoms with Gasteiger partial charge in [-0.15, -0.1) is 0 Å².